The van der Waals surface area contributed by atoms with Crippen LogP contribution in [-0.2, 0) is 6.42 Å². The molecule has 2 heteroatoms. The summed E-state index contributed by atoms with van der Waals surface area (Å²) in [5.41, 5.74) is 6.82. The summed E-state index contributed by atoms with van der Waals surface area (Å²) < 4.78 is 0. The Hall–Kier alpha value is -1.02. The van der Waals surface area contributed by atoms with Crippen molar-refractivity contribution in [3.8, 4) is 5.75 Å². The first-order chi connectivity index (χ1) is 6.76. The van der Waals surface area contributed by atoms with Gasteiger partial charge in [0.2, 0.25) is 0 Å². The third-order valence-corrected chi connectivity index (χ3v) is 2.61. The van der Waals surface area contributed by atoms with Crippen LogP contribution in [0.1, 0.15) is 25.3 Å². The second-order valence-corrected chi connectivity index (χ2v) is 3.72. The van der Waals surface area contributed by atoms with E-state index in [0.717, 1.165) is 25.8 Å². The summed E-state index contributed by atoms with van der Waals surface area (Å²) in [6.07, 6.45) is 3.31. The smallest absolute Gasteiger partial charge is 0.115 e. The lowest BCUT2D eigenvalue weighted by atomic mass is 9.94. The average molecular weight is 193 g/mol. The molecule has 0 spiro atoms. The molecule has 1 aromatic rings. The Bertz CT molecular complexity index is 256. The van der Waals surface area contributed by atoms with Crippen molar-refractivity contribution in [2.24, 2.45) is 11.7 Å². The summed E-state index contributed by atoms with van der Waals surface area (Å²) in [4.78, 5) is 0. The van der Waals surface area contributed by atoms with Crippen molar-refractivity contribution in [1.29, 1.82) is 0 Å². The highest BCUT2D eigenvalue weighted by molar-refractivity contribution is 5.26. The van der Waals surface area contributed by atoms with E-state index in [4.69, 9.17) is 10.8 Å². The molecule has 1 rings (SSSR count). The highest BCUT2D eigenvalue weighted by Crippen LogP contribution is 2.17. The van der Waals surface area contributed by atoms with Gasteiger partial charge in [-0.1, -0.05) is 25.5 Å². The number of aromatic hydroxyl groups is 1. The van der Waals surface area contributed by atoms with Crippen LogP contribution < -0.4 is 5.73 Å². The van der Waals surface area contributed by atoms with Crippen LogP contribution in [0.25, 0.3) is 0 Å². The van der Waals surface area contributed by atoms with Gasteiger partial charge in [-0.25, -0.2) is 0 Å². The number of phenolic OH excluding ortho intramolecular Hbond substituents is 1. The Morgan fingerprint density at radius 3 is 2.43 bits per heavy atom. The van der Waals surface area contributed by atoms with Crippen LogP contribution in [0, 0.1) is 5.92 Å². The molecule has 0 aromatic heterocycles. The standard InChI is InChI=1S/C12H19NO/c1-2-10(7-8-13)9-11-3-5-12(14)6-4-11/h3-6,10,14H,2,7-9,13H2,1H3. The largest absolute Gasteiger partial charge is 0.508 e. The van der Waals surface area contributed by atoms with Gasteiger partial charge >= 0.3 is 0 Å². The molecular weight excluding hydrogens is 174 g/mol. The Morgan fingerprint density at radius 2 is 1.93 bits per heavy atom. The van der Waals surface area contributed by atoms with Crippen molar-refractivity contribution in [2.75, 3.05) is 6.54 Å². The molecule has 1 aromatic carbocycles. The summed E-state index contributed by atoms with van der Waals surface area (Å²) in [5.74, 6) is 1.00. The zero-order valence-electron chi connectivity index (χ0n) is 8.74. The van der Waals surface area contributed by atoms with Gasteiger partial charge in [-0.3, -0.25) is 0 Å². The van der Waals surface area contributed by atoms with E-state index in [2.05, 4.69) is 6.92 Å². The minimum atomic E-state index is 0.334. The minimum Gasteiger partial charge on any atom is -0.508 e. The second-order valence-electron chi connectivity index (χ2n) is 3.72. The summed E-state index contributed by atoms with van der Waals surface area (Å²) in [6, 6.07) is 7.44. The first-order valence-electron chi connectivity index (χ1n) is 5.24. The Balaban J connectivity index is 2.53. The lowest BCUT2D eigenvalue weighted by molar-refractivity contribution is 0.468. The summed E-state index contributed by atoms with van der Waals surface area (Å²) in [6.45, 7) is 2.96. The molecule has 2 nitrogen and oxygen atoms in total. The van der Waals surface area contributed by atoms with E-state index >= 15 is 0 Å². The molecule has 0 aliphatic carbocycles. The maximum Gasteiger partial charge on any atom is 0.115 e. The number of rotatable bonds is 5. The Kier molecular flexibility index (Phi) is 4.47. The minimum absolute atomic E-state index is 0.334. The Labute approximate surface area is 85.8 Å². The van der Waals surface area contributed by atoms with Crippen LogP contribution >= 0.6 is 0 Å². The van der Waals surface area contributed by atoms with Crippen LogP contribution in [-0.4, -0.2) is 11.7 Å². The molecule has 1 atom stereocenters. The maximum absolute atomic E-state index is 9.13. The third kappa shape index (κ3) is 3.38. The fourth-order valence-electron chi connectivity index (χ4n) is 1.65. The van der Waals surface area contributed by atoms with Gasteiger partial charge in [0.1, 0.15) is 5.75 Å². The Morgan fingerprint density at radius 1 is 1.29 bits per heavy atom. The summed E-state index contributed by atoms with van der Waals surface area (Å²) in [5, 5.41) is 9.13. The second kappa shape index (κ2) is 5.66. The van der Waals surface area contributed by atoms with Crippen molar-refractivity contribution < 1.29 is 5.11 Å². The third-order valence-electron chi connectivity index (χ3n) is 2.61. The van der Waals surface area contributed by atoms with E-state index in [1.54, 1.807) is 12.1 Å². The van der Waals surface area contributed by atoms with Gasteiger partial charge in [-0.05, 0) is 43.0 Å². The molecule has 78 valence electrons. The topological polar surface area (TPSA) is 46.2 Å². The van der Waals surface area contributed by atoms with Gasteiger partial charge in [-0.15, -0.1) is 0 Å². The zero-order valence-corrected chi connectivity index (χ0v) is 8.74. The van der Waals surface area contributed by atoms with Gasteiger partial charge < -0.3 is 10.8 Å². The van der Waals surface area contributed by atoms with Crippen LogP contribution in [0.15, 0.2) is 24.3 Å². The maximum atomic E-state index is 9.13. The molecule has 0 heterocycles. The van der Waals surface area contributed by atoms with Crippen molar-refractivity contribution in [2.45, 2.75) is 26.2 Å². The fourth-order valence-corrected chi connectivity index (χ4v) is 1.65. The van der Waals surface area contributed by atoms with Crippen LogP contribution in [0.2, 0.25) is 0 Å². The van der Waals surface area contributed by atoms with Crippen LogP contribution in [0.4, 0.5) is 0 Å². The normalized spacial score (nSPS) is 12.7. The van der Waals surface area contributed by atoms with E-state index in [-0.39, 0.29) is 0 Å². The van der Waals surface area contributed by atoms with E-state index in [0.29, 0.717) is 11.7 Å². The van der Waals surface area contributed by atoms with E-state index in [9.17, 15) is 0 Å². The molecule has 0 saturated heterocycles. The van der Waals surface area contributed by atoms with E-state index < -0.39 is 0 Å². The number of nitrogens with two attached hydrogens (primary N) is 1. The van der Waals surface area contributed by atoms with Gasteiger partial charge in [0.25, 0.3) is 0 Å². The van der Waals surface area contributed by atoms with E-state index in [1.807, 2.05) is 12.1 Å². The molecule has 0 radical (unpaired) electrons. The van der Waals surface area contributed by atoms with Gasteiger partial charge in [0.05, 0.1) is 0 Å². The number of phenols is 1. The van der Waals surface area contributed by atoms with Crippen LogP contribution in [0.3, 0.4) is 0 Å². The molecule has 0 bridgehead atoms. The van der Waals surface area contributed by atoms with Gasteiger partial charge in [-0.2, -0.15) is 0 Å². The van der Waals surface area contributed by atoms with Crippen LogP contribution in [0.5, 0.6) is 5.75 Å². The van der Waals surface area contributed by atoms with Crippen molar-refractivity contribution in [1.82, 2.24) is 0 Å². The monoisotopic (exact) mass is 193 g/mol. The number of hydrogen-bond acceptors (Lipinski definition) is 2. The molecule has 0 aliphatic rings. The molecule has 3 N–H and O–H groups in total. The lowest BCUT2D eigenvalue weighted by Gasteiger charge is -2.13. The van der Waals surface area contributed by atoms with Gasteiger partial charge in [0, 0.05) is 0 Å². The van der Waals surface area contributed by atoms with Gasteiger partial charge in [0.15, 0.2) is 0 Å². The average Bonchev–Trinajstić information content (AvgIpc) is 2.20. The predicted molar refractivity (Wildman–Crippen MR) is 59.3 cm³/mol. The summed E-state index contributed by atoms with van der Waals surface area (Å²) in [7, 11) is 0. The molecule has 1 unspecified atom stereocenters. The number of hydrogen-bond donors (Lipinski definition) is 2. The SMILES string of the molecule is CCC(CCN)Cc1ccc(O)cc1. The fraction of sp³-hybridized carbons (Fsp3) is 0.500. The molecular formula is C12H19NO. The van der Waals surface area contributed by atoms with Crippen molar-refractivity contribution >= 4 is 0 Å². The zero-order chi connectivity index (χ0) is 10.4. The van der Waals surface area contributed by atoms with Crippen molar-refractivity contribution in [3.63, 3.8) is 0 Å². The van der Waals surface area contributed by atoms with Crippen molar-refractivity contribution in [3.05, 3.63) is 29.8 Å². The quantitative estimate of drug-likeness (QED) is 0.753. The first kappa shape index (κ1) is 11.1. The predicted octanol–water partition coefficient (Wildman–Crippen LogP) is 2.31. The molecule has 14 heavy (non-hydrogen) atoms. The highest BCUT2D eigenvalue weighted by atomic mass is 16.3. The molecule has 0 saturated carbocycles. The molecule has 0 amide bonds. The molecule has 0 aliphatic heterocycles. The van der Waals surface area contributed by atoms with E-state index in [1.165, 1.54) is 5.56 Å². The highest BCUT2D eigenvalue weighted by Gasteiger charge is 2.06. The number of benzene rings is 1. The first-order valence-corrected chi connectivity index (χ1v) is 5.24. The molecule has 0 fully saturated rings. The summed E-state index contributed by atoms with van der Waals surface area (Å²) >= 11 is 0. The lowest BCUT2D eigenvalue weighted by Crippen LogP contribution is -2.10.